The van der Waals surface area contributed by atoms with Gasteiger partial charge in [0.15, 0.2) is 0 Å². The number of aryl methyl sites for hydroxylation is 2. The Morgan fingerprint density at radius 1 is 1.08 bits per heavy atom. The van der Waals surface area contributed by atoms with E-state index in [9.17, 15) is 4.79 Å². The first kappa shape index (κ1) is 25.4. The summed E-state index contributed by atoms with van der Waals surface area (Å²) in [6.45, 7) is 1.88. The van der Waals surface area contributed by atoms with E-state index < -0.39 is 0 Å². The average molecular weight is 535 g/mol. The van der Waals surface area contributed by atoms with Gasteiger partial charge in [-0.2, -0.15) is 0 Å². The summed E-state index contributed by atoms with van der Waals surface area (Å²) >= 11 is 12.2. The van der Waals surface area contributed by atoms with Crippen LogP contribution >= 0.6 is 23.2 Å². The fraction of sp³-hybridized carbons (Fsp3) is 0.286. The number of nitrogens with one attached hydrogen (secondary N) is 1. The number of amides is 1. The number of aromatic nitrogens is 4. The molecule has 1 unspecified atom stereocenters. The number of hydrogen-bond donors (Lipinski definition) is 1. The van der Waals surface area contributed by atoms with E-state index >= 15 is 0 Å². The number of carbonyl (C=O) groups excluding carboxylic acids is 1. The number of halogens is 2. The number of nitrogens with zero attached hydrogens (tertiary/aromatic N) is 5. The lowest BCUT2D eigenvalue weighted by atomic mass is 9.90. The minimum Gasteiger partial charge on any atom is -0.348 e. The number of pyridine rings is 2. The summed E-state index contributed by atoms with van der Waals surface area (Å²) in [6.07, 6.45) is 11.9. The Kier molecular flexibility index (Phi) is 7.84. The van der Waals surface area contributed by atoms with Crippen LogP contribution in [0, 0.1) is 0 Å². The van der Waals surface area contributed by atoms with Gasteiger partial charge in [-0.15, -0.1) is 0 Å². The highest BCUT2D eigenvalue weighted by Gasteiger charge is 2.28. The largest absolute Gasteiger partial charge is 0.348 e. The van der Waals surface area contributed by atoms with Crippen molar-refractivity contribution in [2.24, 2.45) is 7.05 Å². The van der Waals surface area contributed by atoms with E-state index in [1.54, 1.807) is 0 Å². The van der Waals surface area contributed by atoms with Crippen LogP contribution in [-0.2, 0) is 33.1 Å². The molecule has 9 heteroatoms. The lowest BCUT2D eigenvalue weighted by Gasteiger charge is -2.34. The lowest BCUT2D eigenvalue weighted by molar-refractivity contribution is 0.0951. The molecular weight excluding hydrogens is 507 g/mol. The van der Waals surface area contributed by atoms with Gasteiger partial charge in [0.1, 0.15) is 0 Å². The molecule has 1 aliphatic carbocycles. The fourth-order valence-electron chi connectivity index (χ4n) is 4.87. The summed E-state index contributed by atoms with van der Waals surface area (Å²) in [5.41, 5.74) is 5.97. The van der Waals surface area contributed by atoms with E-state index in [0.29, 0.717) is 6.54 Å². The van der Waals surface area contributed by atoms with Gasteiger partial charge in [-0.1, -0.05) is 53.5 Å². The van der Waals surface area contributed by atoms with Crippen molar-refractivity contribution in [2.75, 3.05) is 0 Å². The molecule has 1 atom stereocenters. The zero-order valence-corrected chi connectivity index (χ0v) is 22.1. The van der Waals surface area contributed by atoms with Crippen LogP contribution in [0.3, 0.4) is 0 Å². The third-order valence-corrected chi connectivity index (χ3v) is 7.24. The van der Waals surface area contributed by atoms with Crippen LogP contribution in [0.4, 0.5) is 0 Å². The van der Waals surface area contributed by atoms with Crippen molar-refractivity contribution in [1.29, 1.82) is 0 Å². The maximum atomic E-state index is 12.6. The van der Waals surface area contributed by atoms with E-state index in [0.717, 1.165) is 43.6 Å². The summed E-state index contributed by atoms with van der Waals surface area (Å²) in [4.78, 5) is 28.3. The van der Waals surface area contributed by atoms with E-state index in [1.807, 2.05) is 42.3 Å². The summed E-state index contributed by atoms with van der Waals surface area (Å²) in [5.74, 6) is -0.327. The van der Waals surface area contributed by atoms with Crippen molar-refractivity contribution >= 4 is 29.1 Å². The number of benzene rings is 1. The Morgan fingerprint density at radius 3 is 2.57 bits per heavy atom. The fourth-order valence-corrected chi connectivity index (χ4v) is 5.41. The molecule has 0 saturated heterocycles. The molecule has 7 nitrogen and oxygen atoms in total. The normalized spacial score (nSPS) is 15.0. The molecule has 0 aliphatic heterocycles. The molecule has 1 aromatic carbocycles. The third-order valence-electron chi connectivity index (χ3n) is 6.67. The molecular formula is C28H28Cl2N6O. The smallest absolute Gasteiger partial charge is 0.254 e. The van der Waals surface area contributed by atoms with E-state index in [2.05, 4.69) is 44.6 Å². The Labute approximate surface area is 226 Å². The van der Waals surface area contributed by atoms with Gasteiger partial charge in [0.2, 0.25) is 0 Å². The topological polar surface area (TPSA) is 75.9 Å². The molecule has 0 saturated carbocycles. The number of carbonyl (C=O) groups is 1. The summed E-state index contributed by atoms with van der Waals surface area (Å²) in [5, 5.41) is 3.35. The van der Waals surface area contributed by atoms with Gasteiger partial charge in [0, 0.05) is 51.5 Å². The highest BCUT2D eigenvalue weighted by atomic mass is 35.5. The molecule has 5 rings (SSSR count). The van der Waals surface area contributed by atoms with Gasteiger partial charge < -0.3 is 9.88 Å². The number of imidazole rings is 1. The van der Waals surface area contributed by atoms with E-state index in [-0.39, 0.29) is 27.6 Å². The molecule has 37 heavy (non-hydrogen) atoms. The molecule has 0 bridgehead atoms. The summed E-state index contributed by atoms with van der Waals surface area (Å²) in [6, 6.07) is 12.8. The first-order chi connectivity index (χ1) is 18.0. The Balaban J connectivity index is 1.30. The quantitative estimate of drug-likeness (QED) is 0.321. The molecule has 4 aromatic rings. The predicted molar refractivity (Wildman–Crippen MR) is 144 cm³/mol. The van der Waals surface area contributed by atoms with Gasteiger partial charge in [0.25, 0.3) is 5.91 Å². The second kappa shape index (κ2) is 11.4. The maximum absolute atomic E-state index is 12.6. The minimum atomic E-state index is -0.327. The first-order valence-corrected chi connectivity index (χ1v) is 13.0. The monoisotopic (exact) mass is 534 g/mol. The highest BCUT2D eigenvalue weighted by molar-refractivity contribution is 6.39. The Morgan fingerprint density at radius 2 is 1.84 bits per heavy atom. The average Bonchev–Trinajstić information content (AvgIpc) is 3.32. The minimum absolute atomic E-state index is 0.229. The third kappa shape index (κ3) is 6.01. The molecule has 1 N–H and O–H groups in total. The Hall–Kier alpha value is -3.26. The van der Waals surface area contributed by atoms with Crippen molar-refractivity contribution in [3.05, 3.63) is 111 Å². The zero-order valence-electron chi connectivity index (χ0n) is 20.6. The van der Waals surface area contributed by atoms with Crippen LogP contribution in [0.5, 0.6) is 0 Å². The van der Waals surface area contributed by atoms with Crippen LogP contribution in [0.2, 0.25) is 10.0 Å². The van der Waals surface area contributed by atoms with Gasteiger partial charge in [0.05, 0.1) is 39.4 Å². The van der Waals surface area contributed by atoms with Gasteiger partial charge >= 0.3 is 0 Å². The molecule has 0 radical (unpaired) electrons. The van der Waals surface area contributed by atoms with Gasteiger partial charge in [-0.05, 0) is 42.0 Å². The molecule has 3 heterocycles. The number of fused-ring (bicyclic) bond motifs is 1. The SMILES string of the molecule is Cn1cnc(CN(Cc2ccc(CNC(=O)c3c(Cl)cncc3Cl)cc2)C2CCCc3cccnc32)c1. The van der Waals surface area contributed by atoms with Crippen LogP contribution in [0.15, 0.2) is 67.5 Å². The summed E-state index contributed by atoms with van der Waals surface area (Å²) < 4.78 is 1.98. The van der Waals surface area contributed by atoms with Crippen LogP contribution in [-0.4, -0.2) is 30.3 Å². The van der Waals surface area contributed by atoms with E-state index in [1.165, 1.54) is 29.2 Å². The van der Waals surface area contributed by atoms with Crippen LogP contribution < -0.4 is 5.32 Å². The van der Waals surface area contributed by atoms with E-state index in [4.69, 9.17) is 28.2 Å². The summed E-state index contributed by atoms with van der Waals surface area (Å²) in [7, 11) is 1.99. The predicted octanol–water partition coefficient (Wildman–Crippen LogP) is 5.53. The number of hydrogen-bond acceptors (Lipinski definition) is 5. The molecule has 3 aromatic heterocycles. The first-order valence-electron chi connectivity index (χ1n) is 12.3. The molecule has 1 amide bonds. The van der Waals surface area contributed by atoms with Crippen molar-refractivity contribution in [3.63, 3.8) is 0 Å². The van der Waals surface area contributed by atoms with Gasteiger partial charge in [-0.25, -0.2) is 4.98 Å². The van der Waals surface area contributed by atoms with Crippen LogP contribution in [0.1, 0.15) is 57.3 Å². The van der Waals surface area contributed by atoms with Crippen molar-refractivity contribution in [1.82, 2.24) is 29.7 Å². The lowest BCUT2D eigenvalue weighted by Crippen LogP contribution is -2.31. The van der Waals surface area contributed by atoms with Crippen molar-refractivity contribution in [3.8, 4) is 0 Å². The Bertz CT molecular complexity index is 1370. The molecule has 0 spiro atoms. The maximum Gasteiger partial charge on any atom is 0.254 e. The van der Waals surface area contributed by atoms with Crippen molar-refractivity contribution < 1.29 is 4.79 Å². The second-order valence-corrected chi connectivity index (χ2v) is 10.2. The van der Waals surface area contributed by atoms with Crippen LogP contribution in [0.25, 0.3) is 0 Å². The molecule has 0 fully saturated rings. The molecule has 190 valence electrons. The molecule has 1 aliphatic rings. The highest BCUT2D eigenvalue weighted by Crippen LogP contribution is 2.34. The number of rotatable bonds is 8. The van der Waals surface area contributed by atoms with Crippen molar-refractivity contribution in [2.45, 2.75) is 44.9 Å². The van der Waals surface area contributed by atoms with Gasteiger partial charge in [-0.3, -0.25) is 19.7 Å². The second-order valence-electron chi connectivity index (χ2n) is 9.37. The standard InChI is InChI=1S/C28H28Cl2N6O/c1-35-16-22(34-18-35)17-36(25-6-2-4-21-5-3-11-32-27(21)25)15-20-9-7-19(8-10-20)12-33-28(37)26-23(29)13-31-14-24(26)30/h3,5,7-11,13-14,16,18,25H,2,4,6,12,15,17H2,1H3,(H,33,37). The zero-order chi connectivity index (χ0) is 25.8.